The van der Waals surface area contributed by atoms with Gasteiger partial charge in [0.15, 0.2) is 0 Å². The van der Waals surface area contributed by atoms with Gasteiger partial charge in [-0.25, -0.2) is 0 Å². The molecule has 116 valence electrons. The summed E-state index contributed by atoms with van der Waals surface area (Å²) in [6.45, 7) is 3.41. The van der Waals surface area contributed by atoms with Gasteiger partial charge in [-0.05, 0) is 38.3 Å². The van der Waals surface area contributed by atoms with Gasteiger partial charge in [-0.2, -0.15) is 0 Å². The van der Waals surface area contributed by atoms with Crippen molar-refractivity contribution in [1.82, 2.24) is 4.90 Å². The van der Waals surface area contributed by atoms with Crippen LogP contribution in [0.3, 0.4) is 0 Å². The molecule has 1 atom stereocenters. The van der Waals surface area contributed by atoms with Gasteiger partial charge in [0, 0.05) is 18.7 Å². The molecule has 0 spiro atoms. The predicted molar refractivity (Wildman–Crippen MR) is 82.8 cm³/mol. The number of benzene rings is 1. The Balaban J connectivity index is 0.00000220. The number of aryl methyl sites for hydroxylation is 1. The smallest absolute Gasteiger partial charge is 0.285 e. The molecule has 0 aromatic heterocycles. The fraction of sp³-hybridized carbons (Fsp3) is 0.500. The van der Waals surface area contributed by atoms with E-state index >= 15 is 0 Å². The molecular weight excluding hydrogens is 294 g/mol. The zero-order chi connectivity index (χ0) is 14.7. The van der Waals surface area contributed by atoms with Gasteiger partial charge in [0.2, 0.25) is 0 Å². The van der Waals surface area contributed by atoms with Crippen molar-refractivity contribution in [2.24, 2.45) is 11.7 Å². The van der Waals surface area contributed by atoms with E-state index in [1.807, 2.05) is 0 Å². The summed E-state index contributed by atoms with van der Waals surface area (Å²) in [5.41, 5.74) is 6.25. The maximum atomic E-state index is 12.5. The number of para-hydroxylation sites is 1. The molecule has 1 saturated heterocycles. The first-order valence-electron chi connectivity index (χ1n) is 6.78. The first-order valence-corrected chi connectivity index (χ1v) is 6.78. The van der Waals surface area contributed by atoms with Crippen LogP contribution in [0.25, 0.3) is 0 Å². The summed E-state index contributed by atoms with van der Waals surface area (Å²) in [4.78, 5) is 24.9. The number of hydrogen-bond acceptors (Lipinski definition) is 4. The first-order chi connectivity index (χ1) is 9.54. The average Bonchev–Trinajstić information content (AvgIpc) is 2.45. The van der Waals surface area contributed by atoms with Gasteiger partial charge >= 0.3 is 0 Å². The Kier molecular flexibility index (Phi) is 6.11. The van der Waals surface area contributed by atoms with Crippen molar-refractivity contribution >= 4 is 24.0 Å². The molecule has 1 heterocycles. The van der Waals surface area contributed by atoms with Crippen LogP contribution in [0.5, 0.6) is 0 Å². The lowest BCUT2D eigenvalue weighted by molar-refractivity contribution is -0.385. The van der Waals surface area contributed by atoms with Crippen LogP contribution in [0.1, 0.15) is 28.8 Å². The topological polar surface area (TPSA) is 89.5 Å². The molecule has 21 heavy (non-hydrogen) atoms. The molecule has 1 aliphatic heterocycles. The quantitative estimate of drug-likeness (QED) is 0.684. The van der Waals surface area contributed by atoms with Crippen molar-refractivity contribution in [3.05, 3.63) is 39.4 Å². The van der Waals surface area contributed by atoms with E-state index < -0.39 is 4.92 Å². The van der Waals surface area contributed by atoms with E-state index in [0.717, 1.165) is 12.8 Å². The molecule has 2 rings (SSSR count). The number of hydrogen-bond donors (Lipinski definition) is 1. The van der Waals surface area contributed by atoms with Crippen molar-refractivity contribution in [3.63, 3.8) is 0 Å². The highest BCUT2D eigenvalue weighted by atomic mass is 35.5. The van der Waals surface area contributed by atoms with Crippen molar-refractivity contribution in [2.75, 3.05) is 19.6 Å². The van der Waals surface area contributed by atoms with Gasteiger partial charge in [-0.3, -0.25) is 14.9 Å². The van der Waals surface area contributed by atoms with Gasteiger partial charge in [0.25, 0.3) is 11.6 Å². The fourth-order valence-electron chi connectivity index (χ4n) is 2.69. The third-order valence-electron chi connectivity index (χ3n) is 3.79. The van der Waals surface area contributed by atoms with Gasteiger partial charge in [-0.1, -0.05) is 12.1 Å². The summed E-state index contributed by atoms with van der Waals surface area (Å²) in [6, 6.07) is 4.85. The van der Waals surface area contributed by atoms with Crippen LogP contribution in [-0.4, -0.2) is 35.4 Å². The minimum Gasteiger partial charge on any atom is -0.338 e. The summed E-state index contributed by atoms with van der Waals surface area (Å²) >= 11 is 0. The summed E-state index contributed by atoms with van der Waals surface area (Å²) in [6.07, 6.45) is 1.91. The highest BCUT2D eigenvalue weighted by Crippen LogP contribution is 2.26. The molecule has 0 saturated carbocycles. The third-order valence-corrected chi connectivity index (χ3v) is 3.79. The molecule has 1 unspecified atom stereocenters. The Morgan fingerprint density at radius 1 is 1.52 bits per heavy atom. The van der Waals surface area contributed by atoms with Gasteiger partial charge in [-0.15, -0.1) is 12.4 Å². The number of piperidine rings is 1. The van der Waals surface area contributed by atoms with Crippen molar-refractivity contribution in [3.8, 4) is 0 Å². The Hall–Kier alpha value is -1.66. The molecule has 1 fully saturated rings. The highest BCUT2D eigenvalue weighted by molar-refractivity contribution is 5.98. The monoisotopic (exact) mass is 313 g/mol. The van der Waals surface area contributed by atoms with Gasteiger partial charge in [0.05, 0.1) is 4.92 Å². The molecule has 1 aliphatic rings. The van der Waals surface area contributed by atoms with Crippen LogP contribution in [0.15, 0.2) is 18.2 Å². The molecule has 6 nitrogen and oxygen atoms in total. The molecule has 1 aromatic rings. The second-order valence-electron chi connectivity index (χ2n) is 5.22. The van der Waals surface area contributed by atoms with E-state index in [2.05, 4.69) is 0 Å². The molecule has 2 N–H and O–H groups in total. The van der Waals surface area contributed by atoms with E-state index in [1.54, 1.807) is 24.0 Å². The number of likely N-dealkylation sites (tertiary alicyclic amines) is 1. The van der Waals surface area contributed by atoms with Crippen LogP contribution in [-0.2, 0) is 0 Å². The molecule has 0 aliphatic carbocycles. The highest BCUT2D eigenvalue weighted by Gasteiger charge is 2.29. The van der Waals surface area contributed by atoms with Crippen molar-refractivity contribution in [1.29, 1.82) is 0 Å². The maximum absolute atomic E-state index is 12.5. The summed E-state index contributed by atoms with van der Waals surface area (Å²) in [7, 11) is 0. The Labute approximate surface area is 129 Å². The van der Waals surface area contributed by atoms with E-state index in [0.29, 0.717) is 25.2 Å². The number of carbonyl (C=O) groups is 1. The third kappa shape index (κ3) is 3.71. The fourth-order valence-corrected chi connectivity index (χ4v) is 2.69. The molecular formula is C14H20ClN3O3. The second kappa shape index (κ2) is 7.38. The Morgan fingerprint density at radius 3 is 2.86 bits per heavy atom. The van der Waals surface area contributed by atoms with Gasteiger partial charge in [0.1, 0.15) is 5.56 Å². The minimum absolute atomic E-state index is 0. The normalized spacial score (nSPS) is 18.0. The summed E-state index contributed by atoms with van der Waals surface area (Å²) in [5.74, 6) is 0.0233. The number of nitro groups is 1. The predicted octanol–water partition coefficient (Wildman–Crippen LogP) is 2.14. The number of nitrogens with zero attached hydrogens (tertiary/aromatic N) is 2. The van der Waals surface area contributed by atoms with E-state index in [4.69, 9.17) is 5.73 Å². The standard InChI is InChI=1S/C14H19N3O3.ClH/c1-10-4-2-6-12(13(10)17(19)20)14(18)16-7-3-5-11(8-15)9-16;/h2,4,6,11H,3,5,7-9,15H2,1H3;1H. The maximum Gasteiger partial charge on any atom is 0.285 e. The Bertz CT molecular complexity index is 536. The van der Waals surface area contributed by atoms with E-state index in [1.165, 1.54) is 6.07 Å². The zero-order valence-corrected chi connectivity index (χ0v) is 12.8. The van der Waals surface area contributed by atoms with E-state index in [-0.39, 0.29) is 35.5 Å². The average molecular weight is 314 g/mol. The molecule has 1 amide bonds. The van der Waals surface area contributed by atoms with Crippen LogP contribution in [0.2, 0.25) is 0 Å². The number of halogens is 1. The minimum atomic E-state index is -0.479. The number of rotatable bonds is 3. The molecule has 0 radical (unpaired) electrons. The largest absolute Gasteiger partial charge is 0.338 e. The van der Waals surface area contributed by atoms with Crippen molar-refractivity contribution in [2.45, 2.75) is 19.8 Å². The molecule has 7 heteroatoms. The summed E-state index contributed by atoms with van der Waals surface area (Å²) < 4.78 is 0. The lowest BCUT2D eigenvalue weighted by Crippen LogP contribution is -2.42. The lowest BCUT2D eigenvalue weighted by atomic mass is 9.97. The number of nitro benzene ring substituents is 1. The van der Waals surface area contributed by atoms with Crippen LogP contribution >= 0.6 is 12.4 Å². The van der Waals surface area contributed by atoms with Crippen LogP contribution < -0.4 is 5.73 Å². The number of amides is 1. The number of carbonyl (C=O) groups excluding carboxylic acids is 1. The lowest BCUT2D eigenvalue weighted by Gasteiger charge is -2.32. The zero-order valence-electron chi connectivity index (χ0n) is 11.9. The molecule has 1 aromatic carbocycles. The second-order valence-corrected chi connectivity index (χ2v) is 5.22. The van der Waals surface area contributed by atoms with Crippen LogP contribution in [0.4, 0.5) is 5.69 Å². The first kappa shape index (κ1) is 17.4. The number of nitrogens with two attached hydrogens (primary N) is 1. The summed E-state index contributed by atoms with van der Waals surface area (Å²) in [5, 5.41) is 11.2. The SMILES string of the molecule is Cc1cccc(C(=O)N2CCCC(CN)C2)c1[N+](=O)[O-].Cl. The van der Waals surface area contributed by atoms with E-state index in [9.17, 15) is 14.9 Å². The molecule has 0 bridgehead atoms. The van der Waals surface area contributed by atoms with Crippen LogP contribution in [0, 0.1) is 23.0 Å². The van der Waals surface area contributed by atoms with Crippen molar-refractivity contribution < 1.29 is 9.72 Å². The Morgan fingerprint density at radius 2 is 2.24 bits per heavy atom. The van der Waals surface area contributed by atoms with Gasteiger partial charge < -0.3 is 10.6 Å².